The van der Waals surface area contributed by atoms with Gasteiger partial charge in [0.25, 0.3) is 0 Å². The zero-order valence-corrected chi connectivity index (χ0v) is 10.7. The maximum Gasteiger partial charge on any atom is 0.206 e. The van der Waals surface area contributed by atoms with Crippen molar-refractivity contribution in [2.24, 2.45) is 10.8 Å². The number of aliphatic hydroxyl groups excluding tert-OH is 2. The minimum absolute atomic E-state index is 0.650. The Hall–Kier alpha value is -1.32. The van der Waals surface area contributed by atoms with E-state index >= 15 is 0 Å². The molecule has 0 aromatic rings. The minimum atomic E-state index is -0.854. The molecule has 0 aliphatic rings. The first-order valence-electron chi connectivity index (χ1n) is 5.11. The molecule has 0 saturated heterocycles. The van der Waals surface area contributed by atoms with Gasteiger partial charge in [-0.25, -0.2) is 0 Å². The Balaban J connectivity index is 5.30. The van der Waals surface area contributed by atoms with E-state index in [4.69, 9.17) is 0 Å². The Morgan fingerprint density at radius 2 is 0.875 bits per heavy atom. The number of ketones is 2. The third kappa shape index (κ3) is 3.36. The molecule has 0 unspecified atom stereocenters. The van der Waals surface area contributed by atoms with E-state index in [1.807, 2.05) is 0 Å². The molecule has 4 nitrogen and oxygen atoms in total. The number of hydrogen-bond acceptors (Lipinski definition) is 4. The number of hydrogen-bond donors (Lipinski definition) is 2. The molecule has 0 rings (SSSR count). The molecule has 2 N–H and O–H groups in total. The van der Waals surface area contributed by atoms with Gasteiger partial charge in [0.15, 0.2) is 0 Å². The molecular formula is C12H20O4. The van der Waals surface area contributed by atoms with Crippen molar-refractivity contribution in [1.29, 1.82) is 0 Å². The smallest absolute Gasteiger partial charge is 0.206 e. The lowest BCUT2D eigenvalue weighted by Crippen LogP contribution is -2.28. The lowest BCUT2D eigenvalue weighted by atomic mass is 9.85. The molecule has 16 heavy (non-hydrogen) atoms. The number of rotatable bonds is 2. The molecule has 0 bridgehead atoms. The van der Waals surface area contributed by atoms with Gasteiger partial charge < -0.3 is 10.2 Å². The number of aliphatic hydroxyl groups is 2. The third-order valence-corrected chi connectivity index (χ3v) is 2.02. The van der Waals surface area contributed by atoms with Crippen LogP contribution in [0.5, 0.6) is 0 Å². The zero-order valence-electron chi connectivity index (χ0n) is 10.7. The van der Waals surface area contributed by atoms with Crippen molar-refractivity contribution in [2.75, 3.05) is 0 Å². The largest absolute Gasteiger partial charge is 0.502 e. The van der Waals surface area contributed by atoms with Gasteiger partial charge in [-0.1, -0.05) is 41.5 Å². The van der Waals surface area contributed by atoms with Gasteiger partial charge in [-0.2, -0.15) is 0 Å². The van der Waals surface area contributed by atoms with Gasteiger partial charge >= 0.3 is 0 Å². The second-order valence-electron chi connectivity index (χ2n) is 5.86. The fourth-order valence-electron chi connectivity index (χ4n) is 0.925. The molecule has 0 aliphatic carbocycles. The summed E-state index contributed by atoms with van der Waals surface area (Å²) < 4.78 is 0. The number of carbonyl (C=O) groups is 2. The molecule has 0 amide bonds. The van der Waals surface area contributed by atoms with Gasteiger partial charge in [0, 0.05) is 10.8 Å². The number of Topliss-reactive ketones (excluding diaryl/α,β-unsaturated/α-hetero) is 2. The van der Waals surface area contributed by atoms with Crippen LogP contribution < -0.4 is 0 Å². The summed E-state index contributed by atoms with van der Waals surface area (Å²) in [5, 5.41) is 19.0. The summed E-state index contributed by atoms with van der Waals surface area (Å²) in [5.41, 5.74) is -1.67. The first-order valence-corrected chi connectivity index (χ1v) is 5.11. The standard InChI is InChI=1S/C12H20O4/c1-11(2,3)9(15)7(13)8(14)10(16)12(4,5)6/h13-14H,1-6H3/b8-7+. The van der Waals surface area contributed by atoms with Crippen LogP contribution >= 0.6 is 0 Å². The van der Waals surface area contributed by atoms with Gasteiger partial charge in [0.05, 0.1) is 0 Å². The van der Waals surface area contributed by atoms with Crippen LogP contribution in [-0.2, 0) is 9.59 Å². The molecule has 0 aromatic heterocycles. The van der Waals surface area contributed by atoms with E-state index in [0.717, 1.165) is 0 Å². The topological polar surface area (TPSA) is 74.6 Å². The van der Waals surface area contributed by atoms with Crippen LogP contribution in [0, 0.1) is 10.8 Å². The second-order valence-corrected chi connectivity index (χ2v) is 5.86. The number of carbonyl (C=O) groups excluding carboxylic acids is 2. The quantitative estimate of drug-likeness (QED) is 0.562. The maximum atomic E-state index is 11.6. The molecular weight excluding hydrogens is 208 g/mol. The number of allylic oxidation sites excluding steroid dienone is 2. The Kier molecular flexibility index (Phi) is 3.92. The van der Waals surface area contributed by atoms with Crippen molar-refractivity contribution in [3.63, 3.8) is 0 Å². The Morgan fingerprint density at radius 3 is 1.00 bits per heavy atom. The SMILES string of the molecule is CC(C)(C)C(=O)/C(O)=C(\O)C(=O)C(C)(C)C. The van der Waals surface area contributed by atoms with E-state index in [0.29, 0.717) is 0 Å². The van der Waals surface area contributed by atoms with Crippen LogP contribution in [0.4, 0.5) is 0 Å². The normalized spacial score (nSPS) is 14.4. The van der Waals surface area contributed by atoms with Crippen LogP contribution in [0.15, 0.2) is 11.5 Å². The van der Waals surface area contributed by atoms with Crippen molar-refractivity contribution in [3.05, 3.63) is 11.5 Å². The highest BCUT2D eigenvalue weighted by atomic mass is 16.3. The molecule has 0 aromatic carbocycles. The summed E-state index contributed by atoms with van der Waals surface area (Å²) in [6, 6.07) is 0. The van der Waals surface area contributed by atoms with Crippen LogP contribution in [0.2, 0.25) is 0 Å². The summed E-state index contributed by atoms with van der Waals surface area (Å²) >= 11 is 0. The lowest BCUT2D eigenvalue weighted by molar-refractivity contribution is -0.129. The fourth-order valence-corrected chi connectivity index (χ4v) is 0.925. The van der Waals surface area contributed by atoms with E-state index in [2.05, 4.69) is 0 Å². The highest BCUT2D eigenvalue weighted by Gasteiger charge is 2.33. The average Bonchev–Trinajstić information content (AvgIpc) is 2.10. The molecule has 0 saturated carbocycles. The monoisotopic (exact) mass is 228 g/mol. The molecule has 4 heteroatoms. The van der Waals surface area contributed by atoms with Gasteiger partial charge in [-0.05, 0) is 0 Å². The fraction of sp³-hybridized carbons (Fsp3) is 0.667. The van der Waals surface area contributed by atoms with Crippen LogP contribution in [-0.4, -0.2) is 21.8 Å². The third-order valence-electron chi connectivity index (χ3n) is 2.02. The lowest BCUT2D eigenvalue weighted by Gasteiger charge is -2.19. The van der Waals surface area contributed by atoms with E-state index in [-0.39, 0.29) is 0 Å². The van der Waals surface area contributed by atoms with Gasteiger partial charge in [-0.15, -0.1) is 0 Å². The molecule has 0 heterocycles. The van der Waals surface area contributed by atoms with Crippen molar-refractivity contribution < 1.29 is 19.8 Å². The molecule has 0 aliphatic heterocycles. The Morgan fingerprint density at radius 1 is 0.688 bits per heavy atom. The predicted octanol–water partition coefficient (Wildman–Crippen LogP) is 2.54. The van der Waals surface area contributed by atoms with Crippen LogP contribution in [0.3, 0.4) is 0 Å². The summed E-state index contributed by atoms with van der Waals surface area (Å²) in [7, 11) is 0. The molecule has 0 fully saturated rings. The van der Waals surface area contributed by atoms with Crippen LogP contribution in [0.25, 0.3) is 0 Å². The van der Waals surface area contributed by atoms with Crippen molar-refractivity contribution in [1.82, 2.24) is 0 Å². The minimum Gasteiger partial charge on any atom is -0.502 e. The van der Waals surface area contributed by atoms with Crippen molar-refractivity contribution in [2.45, 2.75) is 41.5 Å². The molecule has 92 valence electrons. The highest BCUT2D eigenvalue weighted by Crippen LogP contribution is 2.24. The summed E-state index contributed by atoms with van der Waals surface area (Å²) in [6.07, 6.45) is 0. The summed E-state index contributed by atoms with van der Waals surface area (Å²) in [5.74, 6) is -3.01. The summed E-state index contributed by atoms with van der Waals surface area (Å²) in [6.45, 7) is 9.59. The molecule has 0 atom stereocenters. The van der Waals surface area contributed by atoms with E-state index < -0.39 is 33.9 Å². The summed E-state index contributed by atoms with van der Waals surface area (Å²) in [4.78, 5) is 23.2. The van der Waals surface area contributed by atoms with Gasteiger partial charge in [-0.3, -0.25) is 9.59 Å². The zero-order chi connectivity index (χ0) is 13.3. The van der Waals surface area contributed by atoms with Crippen molar-refractivity contribution >= 4 is 11.6 Å². The average molecular weight is 228 g/mol. The first-order chi connectivity index (χ1) is 6.89. The van der Waals surface area contributed by atoms with Crippen molar-refractivity contribution in [3.8, 4) is 0 Å². The van der Waals surface area contributed by atoms with Crippen LogP contribution in [0.1, 0.15) is 41.5 Å². The Labute approximate surface area is 96.0 Å². The van der Waals surface area contributed by atoms with Gasteiger partial charge in [0.2, 0.25) is 23.1 Å². The second kappa shape index (κ2) is 4.28. The molecule has 0 spiro atoms. The maximum absolute atomic E-state index is 11.6. The van der Waals surface area contributed by atoms with Gasteiger partial charge in [0.1, 0.15) is 0 Å². The highest BCUT2D eigenvalue weighted by molar-refractivity contribution is 6.06. The molecule has 0 radical (unpaired) electrons. The van der Waals surface area contributed by atoms with E-state index in [1.54, 1.807) is 41.5 Å². The first kappa shape index (κ1) is 14.7. The van der Waals surface area contributed by atoms with E-state index in [1.165, 1.54) is 0 Å². The predicted molar refractivity (Wildman–Crippen MR) is 61.2 cm³/mol. The van der Waals surface area contributed by atoms with E-state index in [9.17, 15) is 19.8 Å². The Bertz CT molecular complexity index is 303.